The van der Waals surface area contributed by atoms with Crippen molar-refractivity contribution in [1.82, 2.24) is 9.80 Å². The number of likely N-dealkylation sites (tertiary alicyclic amines) is 1. The first-order chi connectivity index (χ1) is 12.1. The first-order valence-electron chi connectivity index (χ1n) is 9.37. The number of ether oxygens (including phenoxy) is 2. The number of methoxy groups -OCH3 is 1. The third-order valence-electron chi connectivity index (χ3n) is 5.25. The van der Waals surface area contributed by atoms with Crippen LogP contribution in [0.25, 0.3) is 0 Å². The minimum Gasteiger partial charge on any atom is -0.496 e. The van der Waals surface area contributed by atoms with E-state index in [1.807, 2.05) is 29.2 Å². The minimum absolute atomic E-state index is 0.0875. The number of benzene rings is 1. The summed E-state index contributed by atoms with van der Waals surface area (Å²) in [5.41, 5.74) is 0.666. The van der Waals surface area contributed by atoms with Crippen LogP contribution in [-0.4, -0.2) is 67.7 Å². The van der Waals surface area contributed by atoms with Gasteiger partial charge in [-0.25, -0.2) is 0 Å². The average molecular weight is 346 g/mol. The van der Waals surface area contributed by atoms with Gasteiger partial charge in [-0.2, -0.15) is 0 Å². The summed E-state index contributed by atoms with van der Waals surface area (Å²) < 4.78 is 11.2. The van der Waals surface area contributed by atoms with E-state index in [0.717, 1.165) is 45.6 Å². The highest BCUT2D eigenvalue weighted by Crippen LogP contribution is 2.25. The number of rotatable bonds is 4. The second-order valence-corrected chi connectivity index (χ2v) is 7.41. The van der Waals surface area contributed by atoms with Crippen molar-refractivity contribution in [3.05, 3.63) is 29.8 Å². The van der Waals surface area contributed by atoms with Crippen LogP contribution in [0.15, 0.2) is 24.3 Å². The smallest absolute Gasteiger partial charge is 0.257 e. The van der Waals surface area contributed by atoms with Crippen molar-refractivity contribution >= 4 is 5.91 Å². The molecule has 0 saturated carbocycles. The molecule has 1 aromatic carbocycles. The van der Waals surface area contributed by atoms with Gasteiger partial charge < -0.3 is 14.4 Å². The molecule has 25 heavy (non-hydrogen) atoms. The number of hydrogen-bond donors (Lipinski definition) is 0. The highest BCUT2D eigenvalue weighted by Gasteiger charge is 2.28. The molecule has 2 aliphatic rings. The number of piperidine rings is 1. The molecule has 2 unspecified atom stereocenters. The van der Waals surface area contributed by atoms with E-state index in [0.29, 0.717) is 29.4 Å². The lowest BCUT2D eigenvalue weighted by atomic mass is 9.95. The molecule has 1 aromatic rings. The number of para-hydroxylation sites is 1. The molecule has 2 saturated heterocycles. The van der Waals surface area contributed by atoms with Gasteiger partial charge in [-0.1, -0.05) is 12.1 Å². The van der Waals surface area contributed by atoms with E-state index in [1.165, 1.54) is 0 Å². The van der Waals surface area contributed by atoms with Gasteiger partial charge in [0.15, 0.2) is 0 Å². The second-order valence-electron chi connectivity index (χ2n) is 7.41. The van der Waals surface area contributed by atoms with Crippen LogP contribution in [0.4, 0.5) is 0 Å². The number of amides is 1. The quantitative estimate of drug-likeness (QED) is 0.841. The van der Waals surface area contributed by atoms with E-state index < -0.39 is 0 Å². The van der Waals surface area contributed by atoms with Gasteiger partial charge in [-0.15, -0.1) is 0 Å². The lowest BCUT2D eigenvalue weighted by Crippen LogP contribution is -2.48. The van der Waals surface area contributed by atoms with E-state index in [-0.39, 0.29) is 5.91 Å². The average Bonchev–Trinajstić information content (AvgIpc) is 2.61. The number of morpholine rings is 1. The van der Waals surface area contributed by atoms with Crippen LogP contribution in [-0.2, 0) is 4.74 Å². The second kappa shape index (κ2) is 8.19. The van der Waals surface area contributed by atoms with Gasteiger partial charge >= 0.3 is 0 Å². The van der Waals surface area contributed by atoms with Crippen LogP contribution in [0.5, 0.6) is 5.75 Å². The molecule has 2 atom stereocenters. The summed E-state index contributed by atoms with van der Waals surface area (Å²) in [4.78, 5) is 17.3. The highest BCUT2D eigenvalue weighted by molar-refractivity contribution is 5.97. The maximum atomic E-state index is 12.8. The maximum absolute atomic E-state index is 12.8. The summed E-state index contributed by atoms with van der Waals surface area (Å²) in [6, 6.07) is 7.49. The molecule has 2 heterocycles. The SMILES string of the molecule is COc1ccccc1C(=O)N1CCC(CN2CC(C)OC(C)C2)CC1. The molecular formula is C20H30N2O3. The Hall–Kier alpha value is -1.59. The van der Waals surface area contributed by atoms with Crippen LogP contribution >= 0.6 is 0 Å². The lowest BCUT2D eigenvalue weighted by molar-refractivity contribution is -0.0728. The number of hydrogen-bond acceptors (Lipinski definition) is 4. The van der Waals surface area contributed by atoms with Crippen LogP contribution in [0, 0.1) is 5.92 Å². The van der Waals surface area contributed by atoms with Gasteiger partial charge in [-0.3, -0.25) is 9.69 Å². The Bertz CT molecular complexity index is 574. The highest BCUT2D eigenvalue weighted by atomic mass is 16.5. The summed E-state index contributed by atoms with van der Waals surface area (Å²) in [5, 5.41) is 0. The van der Waals surface area contributed by atoms with Crippen molar-refractivity contribution in [3.8, 4) is 5.75 Å². The molecule has 5 heteroatoms. The largest absolute Gasteiger partial charge is 0.496 e. The number of carbonyl (C=O) groups excluding carboxylic acids is 1. The van der Waals surface area contributed by atoms with E-state index in [2.05, 4.69) is 18.7 Å². The van der Waals surface area contributed by atoms with E-state index >= 15 is 0 Å². The molecule has 0 bridgehead atoms. The lowest BCUT2D eigenvalue weighted by Gasteiger charge is -2.39. The molecule has 2 fully saturated rings. The van der Waals surface area contributed by atoms with Gasteiger partial charge in [0, 0.05) is 32.7 Å². The van der Waals surface area contributed by atoms with Crippen molar-refractivity contribution in [2.24, 2.45) is 5.92 Å². The summed E-state index contributed by atoms with van der Waals surface area (Å²) in [6.45, 7) is 9.12. The predicted molar refractivity (Wildman–Crippen MR) is 98.1 cm³/mol. The maximum Gasteiger partial charge on any atom is 0.257 e. The normalized spacial score (nSPS) is 25.8. The zero-order valence-electron chi connectivity index (χ0n) is 15.6. The number of nitrogens with zero attached hydrogens (tertiary/aromatic N) is 2. The zero-order valence-corrected chi connectivity index (χ0v) is 15.6. The van der Waals surface area contributed by atoms with E-state index in [9.17, 15) is 4.79 Å². The third kappa shape index (κ3) is 4.53. The standard InChI is InChI=1S/C20H30N2O3/c1-15-12-21(13-16(2)25-15)14-17-8-10-22(11-9-17)20(23)18-6-4-5-7-19(18)24-3/h4-7,15-17H,8-14H2,1-3H3. The molecule has 0 N–H and O–H groups in total. The Morgan fingerprint density at radius 2 is 1.80 bits per heavy atom. The Morgan fingerprint density at radius 1 is 1.16 bits per heavy atom. The molecule has 138 valence electrons. The summed E-state index contributed by atoms with van der Waals surface area (Å²) in [5.74, 6) is 1.41. The van der Waals surface area contributed by atoms with Crippen molar-refractivity contribution in [2.75, 3.05) is 39.8 Å². The van der Waals surface area contributed by atoms with Crippen molar-refractivity contribution in [2.45, 2.75) is 38.9 Å². The van der Waals surface area contributed by atoms with Crippen LogP contribution in [0.1, 0.15) is 37.0 Å². The number of carbonyl (C=O) groups is 1. The summed E-state index contributed by atoms with van der Waals surface area (Å²) in [7, 11) is 1.61. The predicted octanol–water partition coefficient (Wildman–Crippen LogP) is 2.66. The molecule has 0 aromatic heterocycles. The van der Waals surface area contributed by atoms with Crippen LogP contribution in [0.3, 0.4) is 0 Å². The van der Waals surface area contributed by atoms with Gasteiger partial charge in [0.1, 0.15) is 5.75 Å². The van der Waals surface area contributed by atoms with Crippen molar-refractivity contribution < 1.29 is 14.3 Å². The fourth-order valence-corrected chi connectivity index (χ4v) is 4.11. The van der Waals surface area contributed by atoms with Gasteiger partial charge in [0.25, 0.3) is 5.91 Å². The van der Waals surface area contributed by atoms with E-state index in [4.69, 9.17) is 9.47 Å². The molecule has 1 amide bonds. The minimum atomic E-state index is 0.0875. The van der Waals surface area contributed by atoms with Gasteiger partial charge in [0.2, 0.25) is 0 Å². The van der Waals surface area contributed by atoms with Crippen LogP contribution < -0.4 is 4.74 Å². The first-order valence-corrected chi connectivity index (χ1v) is 9.37. The molecule has 5 nitrogen and oxygen atoms in total. The molecule has 0 radical (unpaired) electrons. The fourth-order valence-electron chi connectivity index (χ4n) is 4.11. The zero-order chi connectivity index (χ0) is 17.8. The summed E-state index contributed by atoms with van der Waals surface area (Å²) in [6.07, 6.45) is 2.77. The van der Waals surface area contributed by atoms with Crippen molar-refractivity contribution in [3.63, 3.8) is 0 Å². The monoisotopic (exact) mass is 346 g/mol. The summed E-state index contributed by atoms with van der Waals surface area (Å²) >= 11 is 0. The first kappa shape index (κ1) is 18.2. The third-order valence-corrected chi connectivity index (χ3v) is 5.25. The van der Waals surface area contributed by atoms with Gasteiger partial charge in [-0.05, 0) is 44.7 Å². The van der Waals surface area contributed by atoms with E-state index in [1.54, 1.807) is 7.11 Å². The fraction of sp³-hybridized carbons (Fsp3) is 0.650. The van der Waals surface area contributed by atoms with Gasteiger partial charge in [0.05, 0.1) is 24.9 Å². The molecular weight excluding hydrogens is 316 g/mol. The topological polar surface area (TPSA) is 42.0 Å². The Balaban J connectivity index is 1.52. The molecule has 0 spiro atoms. The van der Waals surface area contributed by atoms with Crippen LogP contribution in [0.2, 0.25) is 0 Å². The molecule has 2 aliphatic heterocycles. The van der Waals surface area contributed by atoms with Crippen molar-refractivity contribution in [1.29, 1.82) is 0 Å². The molecule has 0 aliphatic carbocycles. The Labute approximate surface area is 150 Å². The Kier molecular flexibility index (Phi) is 5.97. The Morgan fingerprint density at radius 3 is 2.44 bits per heavy atom. The molecule has 3 rings (SSSR count).